The molecule has 1 N–H and O–H groups in total. The Morgan fingerprint density at radius 3 is 2.84 bits per heavy atom. The largest absolute Gasteiger partial charge is 0.366 e. The maximum Gasteiger partial charge on any atom is 0.226 e. The lowest BCUT2D eigenvalue weighted by atomic mass is 10.2. The first-order chi connectivity index (χ1) is 9.06. The van der Waals surface area contributed by atoms with E-state index in [-0.39, 0.29) is 5.82 Å². The average molecular weight is 325 g/mol. The van der Waals surface area contributed by atoms with Gasteiger partial charge in [0, 0.05) is 36.9 Å². The van der Waals surface area contributed by atoms with Crippen LogP contribution in [0, 0.1) is 5.82 Å². The molecule has 6 heteroatoms. The quantitative estimate of drug-likeness (QED) is 0.938. The first-order valence-electron chi connectivity index (χ1n) is 5.74. The van der Waals surface area contributed by atoms with Crippen molar-refractivity contribution < 1.29 is 4.39 Å². The highest BCUT2D eigenvalue weighted by molar-refractivity contribution is 9.10. The van der Waals surface area contributed by atoms with Crippen LogP contribution in [0.5, 0.6) is 0 Å². The van der Waals surface area contributed by atoms with E-state index in [1.54, 1.807) is 24.4 Å². The predicted molar refractivity (Wildman–Crippen MR) is 77.8 cm³/mol. The summed E-state index contributed by atoms with van der Waals surface area (Å²) in [7, 11) is 3.74. The molecule has 0 spiro atoms. The van der Waals surface area contributed by atoms with Gasteiger partial charge in [-0.1, -0.05) is 15.9 Å². The summed E-state index contributed by atoms with van der Waals surface area (Å²) in [5, 5.41) is 3.09. The molecule has 0 saturated heterocycles. The molecule has 100 valence electrons. The first-order valence-corrected chi connectivity index (χ1v) is 6.54. The van der Waals surface area contributed by atoms with Gasteiger partial charge in [-0.3, -0.25) is 0 Å². The van der Waals surface area contributed by atoms with Crippen LogP contribution in [0.2, 0.25) is 0 Å². The van der Waals surface area contributed by atoms with Crippen LogP contribution in [0.15, 0.2) is 34.9 Å². The summed E-state index contributed by atoms with van der Waals surface area (Å²) in [4.78, 5) is 10.2. The van der Waals surface area contributed by atoms with Crippen molar-refractivity contribution in [1.82, 2.24) is 9.97 Å². The molecule has 1 aromatic carbocycles. The van der Waals surface area contributed by atoms with Crippen molar-refractivity contribution in [2.45, 2.75) is 6.54 Å². The number of hydrogen-bond donors (Lipinski definition) is 1. The number of aromatic nitrogens is 2. The fourth-order valence-corrected chi connectivity index (χ4v) is 1.94. The standard InChI is InChI=1S/C13H14BrFN4/c1-19(2)13-16-6-5-12(18-13)17-8-9-7-10(14)3-4-11(9)15/h3-7H,8H2,1-2H3,(H,16,17,18). The van der Waals surface area contributed by atoms with Gasteiger partial charge in [0.2, 0.25) is 5.95 Å². The lowest BCUT2D eigenvalue weighted by molar-refractivity contribution is 0.612. The highest BCUT2D eigenvalue weighted by Gasteiger charge is 2.04. The van der Waals surface area contributed by atoms with Gasteiger partial charge >= 0.3 is 0 Å². The summed E-state index contributed by atoms with van der Waals surface area (Å²) < 4.78 is 14.4. The molecule has 0 fully saturated rings. The Balaban J connectivity index is 2.10. The maximum absolute atomic E-state index is 13.6. The number of rotatable bonds is 4. The van der Waals surface area contributed by atoms with Crippen LogP contribution in [0.25, 0.3) is 0 Å². The summed E-state index contributed by atoms with van der Waals surface area (Å²) in [6, 6.07) is 6.61. The molecule has 0 aliphatic carbocycles. The van der Waals surface area contributed by atoms with E-state index in [2.05, 4.69) is 31.2 Å². The fourth-order valence-electron chi connectivity index (χ4n) is 1.53. The normalized spacial score (nSPS) is 10.3. The lowest BCUT2D eigenvalue weighted by Crippen LogP contribution is -2.13. The third kappa shape index (κ3) is 3.64. The molecule has 0 unspecified atom stereocenters. The van der Waals surface area contributed by atoms with Crippen LogP contribution in [0.1, 0.15) is 5.56 Å². The Bertz CT molecular complexity index is 574. The van der Waals surface area contributed by atoms with Crippen LogP contribution in [0.4, 0.5) is 16.2 Å². The van der Waals surface area contributed by atoms with Crippen molar-refractivity contribution in [3.05, 3.63) is 46.3 Å². The van der Waals surface area contributed by atoms with Crippen LogP contribution in [-0.2, 0) is 6.54 Å². The van der Waals surface area contributed by atoms with Crippen molar-refractivity contribution in [3.63, 3.8) is 0 Å². The predicted octanol–water partition coefficient (Wildman–Crippen LogP) is 3.06. The van der Waals surface area contributed by atoms with Crippen LogP contribution in [-0.4, -0.2) is 24.1 Å². The highest BCUT2D eigenvalue weighted by Crippen LogP contribution is 2.17. The Morgan fingerprint density at radius 1 is 1.32 bits per heavy atom. The van der Waals surface area contributed by atoms with E-state index in [1.165, 1.54) is 6.07 Å². The van der Waals surface area contributed by atoms with Crippen molar-refractivity contribution in [2.75, 3.05) is 24.3 Å². The van der Waals surface area contributed by atoms with Gasteiger partial charge < -0.3 is 10.2 Å². The zero-order valence-corrected chi connectivity index (χ0v) is 12.3. The van der Waals surface area contributed by atoms with Gasteiger partial charge in [0.05, 0.1) is 0 Å². The summed E-state index contributed by atoms with van der Waals surface area (Å²) in [5.74, 6) is 1.04. The summed E-state index contributed by atoms with van der Waals surface area (Å²) in [6.45, 7) is 0.370. The van der Waals surface area contributed by atoms with Gasteiger partial charge in [0.1, 0.15) is 11.6 Å². The monoisotopic (exact) mass is 324 g/mol. The van der Waals surface area contributed by atoms with E-state index >= 15 is 0 Å². The molecule has 1 heterocycles. The number of anilines is 2. The van der Waals surface area contributed by atoms with E-state index in [4.69, 9.17) is 0 Å². The molecule has 0 atom stereocenters. The smallest absolute Gasteiger partial charge is 0.226 e. The Hall–Kier alpha value is -1.69. The van der Waals surface area contributed by atoms with E-state index in [0.29, 0.717) is 23.9 Å². The summed E-state index contributed by atoms with van der Waals surface area (Å²) in [6.07, 6.45) is 1.67. The van der Waals surface area contributed by atoms with Crippen molar-refractivity contribution >= 4 is 27.7 Å². The number of hydrogen-bond acceptors (Lipinski definition) is 4. The molecule has 4 nitrogen and oxygen atoms in total. The Labute approximate surface area is 119 Å². The van der Waals surface area contributed by atoms with Gasteiger partial charge in [-0.15, -0.1) is 0 Å². The molecule has 0 saturated carbocycles. The molecular weight excluding hydrogens is 311 g/mol. The van der Waals surface area contributed by atoms with Gasteiger partial charge in [-0.25, -0.2) is 9.37 Å². The molecule has 0 bridgehead atoms. The second-order valence-electron chi connectivity index (χ2n) is 4.23. The third-order valence-corrected chi connectivity index (χ3v) is 3.00. The van der Waals surface area contributed by atoms with Crippen molar-refractivity contribution in [3.8, 4) is 0 Å². The molecule has 2 aromatic rings. The van der Waals surface area contributed by atoms with Gasteiger partial charge in [-0.05, 0) is 24.3 Å². The zero-order chi connectivity index (χ0) is 13.8. The van der Waals surface area contributed by atoms with E-state index < -0.39 is 0 Å². The van der Waals surface area contributed by atoms with Gasteiger partial charge in [-0.2, -0.15) is 4.98 Å². The fraction of sp³-hybridized carbons (Fsp3) is 0.231. The number of nitrogens with zero attached hydrogens (tertiary/aromatic N) is 3. The van der Waals surface area contributed by atoms with Crippen molar-refractivity contribution in [2.24, 2.45) is 0 Å². The molecule has 0 aliphatic rings. The zero-order valence-electron chi connectivity index (χ0n) is 10.7. The highest BCUT2D eigenvalue weighted by atomic mass is 79.9. The van der Waals surface area contributed by atoms with Crippen LogP contribution >= 0.6 is 15.9 Å². The lowest BCUT2D eigenvalue weighted by Gasteiger charge is -2.12. The van der Waals surface area contributed by atoms with Gasteiger partial charge in [0.15, 0.2) is 0 Å². The molecule has 0 radical (unpaired) electrons. The summed E-state index contributed by atoms with van der Waals surface area (Å²) in [5.41, 5.74) is 0.583. The second kappa shape index (κ2) is 5.97. The SMILES string of the molecule is CN(C)c1nccc(NCc2cc(Br)ccc2F)n1. The van der Waals surface area contributed by atoms with Crippen molar-refractivity contribution in [1.29, 1.82) is 0 Å². The molecule has 1 aromatic heterocycles. The second-order valence-corrected chi connectivity index (χ2v) is 5.14. The minimum atomic E-state index is -0.238. The minimum Gasteiger partial charge on any atom is -0.366 e. The van der Waals surface area contributed by atoms with E-state index in [1.807, 2.05) is 19.0 Å². The summed E-state index contributed by atoms with van der Waals surface area (Å²) >= 11 is 3.33. The Morgan fingerprint density at radius 2 is 2.11 bits per heavy atom. The van der Waals surface area contributed by atoms with E-state index in [9.17, 15) is 4.39 Å². The minimum absolute atomic E-state index is 0.238. The molecule has 2 rings (SSSR count). The van der Waals surface area contributed by atoms with Crippen LogP contribution in [0.3, 0.4) is 0 Å². The molecule has 0 aliphatic heterocycles. The number of halogens is 2. The molecule has 0 amide bonds. The first kappa shape index (κ1) is 13.7. The number of nitrogens with one attached hydrogen (secondary N) is 1. The average Bonchev–Trinajstić information content (AvgIpc) is 2.40. The maximum atomic E-state index is 13.6. The van der Waals surface area contributed by atoms with E-state index in [0.717, 1.165) is 4.47 Å². The molecular formula is C13H14BrFN4. The number of benzene rings is 1. The third-order valence-electron chi connectivity index (χ3n) is 2.51. The Kier molecular flexibility index (Phi) is 4.31. The molecule has 19 heavy (non-hydrogen) atoms. The van der Waals surface area contributed by atoms with Crippen LogP contribution < -0.4 is 10.2 Å². The van der Waals surface area contributed by atoms with Gasteiger partial charge in [0.25, 0.3) is 0 Å². The topological polar surface area (TPSA) is 41.1 Å².